The topological polar surface area (TPSA) is 71.9 Å². The molecule has 84 valence electrons. The molecule has 0 fully saturated rings. The third-order valence-electron chi connectivity index (χ3n) is 2.48. The van der Waals surface area contributed by atoms with E-state index in [2.05, 4.69) is 11.1 Å². The molecule has 2 N–H and O–H groups in total. The zero-order chi connectivity index (χ0) is 12.3. The van der Waals surface area contributed by atoms with Gasteiger partial charge in [0, 0.05) is 17.3 Å². The van der Waals surface area contributed by atoms with Gasteiger partial charge in [-0.25, -0.2) is 4.98 Å². The second kappa shape index (κ2) is 4.54. The molecular formula is C13H11N3O. The summed E-state index contributed by atoms with van der Waals surface area (Å²) in [6.45, 7) is 0. The molecule has 0 spiro atoms. The average molecular weight is 225 g/mol. The van der Waals surface area contributed by atoms with E-state index < -0.39 is 0 Å². The lowest BCUT2D eigenvalue weighted by molar-refractivity contribution is 0.416. The fourth-order valence-electron chi connectivity index (χ4n) is 1.71. The fraction of sp³-hybridized carbons (Fsp3) is 0.0769. The summed E-state index contributed by atoms with van der Waals surface area (Å²) in [6.07, 6.45) is 1.52. The normalized spacial score (nSPS) is 9.65. The number of ether oxygens (including phenoxy) is 1. The number of rotatable bonds is 2. The highest BCUT2D eigenvalue weighted by atomic mass is 16.5. The van der Waals surface area contributed by atoms with Crippen LogP contribution in [0.3, 0.4) is 0 Å². The van der Waals surface area contributed by atoms with Crippen LogP contribution in [0.15, 0.2) is 36.5 Å². The molecule has 1 aromatic heterocycles. The van der Waals surface area contributed by atoms with E-state index in [0.717, 1.165) is 5.56 Å². The van der Waals surface area contributed by atoms with Crippen LogP contribution in [-0.2, 0) is 0 Å². The summed E-state index contributed by atoms with van der Waals surface area (Å²) in [5.41, 5.74) is 7.72. The number of methoxy groups -OCH3 is 1. The molecule has 0 radical (unpaired) electrons. The lowest BCUT2D eigenvalue weighted by Crippen LogP contribution is -1.98. The van der Waals surface area contributed by atoms with E-state index in [4.69, 9.17) is 15.7 Å². The van der Waals surface area contributed by atoms with Crippen molar-refractivity contribution in [3.05, 3.63) is 42.1 Å². The largest absolute Gasteiger partial charge is 0.496 e. The molecule has 2 rings (SSSR count). The molecule has 2 aromatic rings. The van der Waals surface area contributed by atoms with Crippen LogP contribution in [0.2, 0.25) is 0 Å². The Hall–Kier alpha value is -2.54. The van der Waals surface area contributed by atoms with Crippen molar-refractivity contribution < 1.29 is 4.74 Å². The molecule has 4 nitrogen and oxygen atoms in total. The van der Waals surface area contributed by atoms with Crippen molar-refractivity contribution in [2.24, 2.45) is 0 Å². The zero-order valence-corrected chi connectivity index (χ0v) is 9.34. The first kappa shape index (κ1) is 11.0. The average Bonchev–Trinajstić information content (AvgIpc) is 2.38. The number of hydrogen-bond acceptors (Lipinski definition) is 4. The number of nitriles is 1. The predicted octanol–water partition coefficient (Wildman–Crippen LogP) is 2.21. The summed E-state index contributed by atoms with van der Waals surface area (Å²) in [4.78, 5) is 4.01. The van der Waals surface area contributed by atoms with Gasteiger partial charge in [0.25, 0.3) is 0 Å². The van der Waals surface area contributed by atoms with Gasteiger partial charge >= 0.3 is 0 Å². The smallest absolute Gasteiger partial charge is 0.132 e. The molecule has 4 heteroatoms. The van der Waals surface area contributed by atoms with E-state index in [1.54, 1.807) is 13.2 Å². The van der Waals surface area contributed by atoms with E-state index in [9.17, 15) is 0 Å². The fourth-order valence-corrected chi connectivity index (χ4v) is 1.71. The van der Waals surface area contributed by atoms with Gasteiger partial charge < -0.3 is 10.5 Å². The van der Waals surface area contributed by atoms with Gasteiger partial charge in [0.15, 0.2) is 0 Å². The molecule has 0 saturated carbocycles. The van der Waals surface area contributed by atoms with Crippen LogP contribution < -0.4 is 10.5 Å². The van der Waals surface area contributed by atoms with E-state index in [0.29, 0.717) is 22.7 Å². The van der Waals surface area contributed by atoms with E-state index in [1.165, 1.54) is 6.20 Å². The first-order valence-corrected chi connectivity index (χ1v) is 5.06. The minimum atomic E-state index is 0.327. The third-order valence-corrected chi connectivity index (χ3v) is 2.48. The van der Waals surface area contributed by atoms with Gasteiger partial charge in [0.05, 0.1) is 18.7 Å². The molecule has 0 saturated heterocycles. The van der Waals surface area contributed by atoms with Gasteiger partial charge in [-0.1, -0.05) is 18.2 Å². The quantitative estimate of drug-likeness (QED) is 0.850. The lowest BCUT2D eigenvalue weighted by atomic mass is 10.0. The highest BCUT2D eigenvalue weighted by molar-refractivity contribution is 5.83. The van der Waals surface area contributed by atoms with Crippen molar-refractivity contribution in [2.75, 3.05) is 12.8 Å². The Labute approximate surface area is 99.3 Å². The van der Waals surface area contributed by atoms with Gasteiger partial charge in [-0.3, -0.25) is 0 Å². The van der Waals surface area contributed by atoms with Crippen molar-refractivity contribution in [3.63, 3.8) is 0 Å². The molecule has 1 aromatic carbocycles. The van der Waals surface area contributed by atoms with Crippen molar-refractivity contribution in [3.8, 4) is 22.9 Å². The van der Waals surface area contributed by atoms with Gasteiger partial charge in [0.1, 0.15) is 11.6 Å². The van der Waals surface area contributed by atoms with Crippen LogP contribution in [-0.4, -0.2) is 12.1 Å². The minimum Gasteiger partial charge on any atom is -0.496 e. The first-order chi connectivity index (χ1) is 8.27. The molecule has 0 amide bonds. The predicted molar refractivity (Wildman–Crippen MR) is 65.4 cm³/mol. The second-order valence-electron chi connectivity index (χ2n) is 3.43. The molecule has 0 unspecified atom stereocenters. The molecular weight excluding hydrogens is 214 g/mol. The number of hydrogen-bond donors (Lipinski definition) is 1. The Balaban J connectivity index is 2.73. The summed E-state index contributed by atoms with van der Waals surface area (Å²) in [5, 5.41) is 9.09. The Bertz CT molecular complexity index is 587. The number of nitrogen functional groups attached to an aromatic ring is 1. The van der Waals surface area contributed by atoms with Gasteiger partial charge in [-0.2, -0.15) is 5.26 Å². The summed E-state index contributed by atoms with van der Waals surface area (Å²) >= 11 is 0. The van der Waals surface area contributed by atoms with Crippen molar-refractivity contribution in [1.82, 2.24) is 4.98 Å². The zero-order valence-electron chi connectivity index (χ0n) is 9.34. The summed E-state index contributed by atoms with van der Waals surface area (Å²) in [7, 11) is 1.58. The van der Waals surface area contributed by atoms with Crippen LogP contribution >= 0.6 is 0 Å². The third kappa shape index (κ3) is 1.91. The molecule has 0 aliphatic rings. The number of nitrogens with two attached hydrogens (primary N) is 1. The van der Waals surface area contributed by atoms with Crippen molar-refractivity contribution in [1.29, 1.82) is 5.26 Å². The number of nitrogens with zero attached hydrogens (tertiary/aromatic N) is 2. The lowest BCUT2D eigenvalue weighted by Gasteiger charge is -2.11. The molecule has 1 heterocycles. The molecule has 0 bridgehead atoms. The minimum absolute atomic E-state index is 0.327. The van der Waals surface area contributed by atoms with Crippen molar-refractivity contribution >= 4 is 5.82 Å². The van der Waals surface area contributed by atoms with Crippen LogP contribution in [0.4, 0.5) is 5.82 Å². The van der Waals surface area contributed by atoms with E-state index in [-0.39, 0.29) is 0 Å². The number of para-hydroxylation sites is 1. The maximum Gasteiger partial charge on any atom is 0.132 e. The van der Waals surface area contributed by atoms with E-state index >= 15 is 0 Å². The second-order valence-corrected chi connectivity index (χ2v) is 3.43. The standard InChI is InChI=1S/C13H11N3O/c1-17-11-5-3-2-4-10(11)12-9(8-14)6-7-16-13(12)15/h2-7H,1H3,(H2,15,16). The summed E-state index contributed by atoms with van der Waals surface area (Å²) in [6, 6.07) is 11.2. The van der Waals surface area contributed by atoms with Gasteiger partial charge in [-0.05, 0) is 12.1 Å². The Morgan fingerprint density at radius 3 is 2.76 bits per heavy atom. The SMILES string of the molecule is COc1ccccc1-c1c(C#N)ccnc1N. The molecule has 17 heavy (non-hydrogen) atoms. The van der Waals surface area contributed by atoms with Gasteiger partial charge in [0.2, 0.25) is 0 Å². The van der Waals surface area contributed by atoms with Crippen LogP contribution in [0, 0.1) is 11.3 Å². The summed E-state index contributed by atoms with van der Waals surface area (Å²) < 4.78 is 5.26. The monoisotopic (exact) mass is 225 g/mol. The Morgan fingerprint density at radius 2 is 2.06 bits per heavy atom. The van der Waals surface area contributed by atoms with Crippen LogP contribution in [0.25, 0.3) is 11.1 Å². The van der Waals surface area contributed by atoms with E-state index in [1.807, 2.05) is 24.3 Å². The van der Waals surface area contributed by atoms with Crippen LogP contribution in [0.1, 0.15) is 5.56 Å². The first-order valence-electron chi connectivity index (χ1n) is 5.06. The number of anilines is 1. The molecule has 0 aliphatic heterocycles. The number of benzene rings is 1. The maximum atomic E-state index is 9.09. The summed E-state index contributed by atoms with van der Waals surface area (Å²) in [5.74, 6) is 0.997. The maximum absolute atomic E-state index is 9.09. The van der Waals surface area contributed by atoms with Crippen molar-refractivity contribution in [2.45, 2.75) is 0 Å². The Morgan fingerprint density at radius 1 is 1.29 bits per heavy atom. The molecule has 0 aliphatic carbocycles. The molecule has 0 atom stereocenters. The van der Waals surface area contributed by atoms with Gasteiger partial charge in [-0.15, -0.1) is 0 Å². The highest BCUT2D eigenvalue weighted by Crippen LogP contribution is 2.34. The Kier molecular flexibility index (Phi) is 2.93. The highest BCUT2D eigenvalue weighted by Gasteiger charge is 2.13. The number of aromatic nitrogens is 1. The van der Waals surface area contributed by atoms with Crippen LogP contribution in [0.5, 0.6) is 5.75 Å². The number of pyridine rings is 1.